The van der Waals surface area contributed by atoms with E-state index in [1.807, 2.05) is 13.8 Å². The summed E-state index contributed by atoms with van der Waals surface area (Å²) in [5.74, 6) is -1.44. The molecular weight excluding hydrogens is 242 g/mol. The van der Waals surface area contributed by atoms with Crippen LogP contribution in [-0.4, -0.2) is 35.5 Å². The van der Waals surface area contributed by atoms with E-state index in [9.17, 15) is 9.59 Å². The topological polar surface area (TPSA) is 57.6 Å². The van der Waals surface area contributed by atoms with E-state index in [-0.39, 0.29) is 12.5 Å². The van der Waals surface area contributed by atoms with Gasteiger partial charge in [-0.1, -0.05) is 11.6 Å². The molecular formula is C12H14ClNO3. The molecule has 0 radical (unpaired) electrons. The molecule has 0 aliphatic heterocycles. The van der Waals surface area contributed by atoms with Gasteiger partial charge in [-0.05, 0) is 37.1 Å². The molecule has 0 spiro atoms. The summed E-state index contributed by atoms with van der Waals surface area (Å²) in [7, 11) is 1.43. The van der Waals surface area contributed by atoms with Gasteiger partial charge in [0.1, 0.15) is 6.54 Å². The van der Waals surface area contributed by atoms with Gasteiger partial charge < -0.3 is 10.0 Å². The first-order valence-corrected chi connectivity index (χ1v) is 5.44. The molecule has 92 valence electrons. The molecule has 1 rings (SSSR count). The third-order valence-electron chi connectivity index (χ3n) is 2.53. The van der Waals surface area contributed by atoms with Crippen molar-refractivity contribution in [2.75, 3.05) is 13.6 Å². The Morgan fingerprint density at radius 3 is 2.35 bits per heavy atom. The molecule has 4 nitrogen and oxygen atoms in total. The minimum Gasteiger partial charge on any atom is -0.480 e. The van der Waals surface area contributed by atoms with Crippen LogP contribution in [0.4, 0.5) is 0 Å². The number of likely N-dealkylation sites (N-methyl/N-ethyl adjacent to an activating group) is 1. The lowest BCUT2D eigenvalue weighted by molar-refractivity contribution is -0.137. The minimum absolute atomic E-state index is 0.332. The maximum absolute atomic E-state index is 11.9. The van der Waals surface area contributed by atoms with E-state index >= 15 is 0 Å². The third kappa shape index (κ3) is 3.20. The van der Waals surface area contributed by atoms with E-state index in [1.54, 1.807) is 12.1 Å². The van der Waals surface area contributed by atoms with Gasteiger partial charge in [-0.15, -0.1) is 0 Å². The number of aliphatic carboxylic acids is 1. The Balaban J connectivity index is 3.04. The van der Waals surface area contributed by atoms with Crippen LogP contribution in [0.3, 0.4) is 0 Å². The smallest absolute Gasteiger partial charge is 0.323 e. The number of aryl methyl sites for hydroxylation is 2. The quantitative estimate of drug-likeness (QED) is 0.900. The highest BCUT2D eigenvalue weighted by atomic mass is 35.5. The van der Waals surface area contributed by atoms with Crippen LogP contribution in [0.2, 0.25) is 5.02 Å². The second-order valence-corrected chi connectivity index (χ2v) is 4.38. The highest BCUT2D eigenvalue weighted by molar-refractivity contribution is 6.34. The number of hydrogen-bond donors (Lipinski definition) is 1. The molecule has 0 saturated carbocycles. The summed E-state index contributed by atoms with van der Waals surface area (Å²) in [6, 6.07) is 3.39. The zero-order valence-corrected chi connectivity index (χ0v) is 10.7. The van der Waals surface area contributed by atoms with Gasteiger partial charge in [-0.2, -0.15) is 0 Å². The number of nitrogens with zero attached hydrogens (tertiary/aromatic N) is 1. The van der Waals surface area contributed by atoms with Gasteiger partial charge >= 0.3 is 5.97 Å². The van der Waals surface area contributed by atoms with Gasteiger partial charge in [-0.3, -0.25) is 9.59 Å². The van der Waals surface area contributed by atoms with E-state index in [2.05, 4.69) is 0 Å². The Hall–Kier alpha value is -1.55. The first-order valence-electron chi connectivity index (χ1n) is 5.07. The normalized spacial score (nSPS) is 10.1. The van der Waals surface area contributed by atoms with Crippen LogP contribution in [0.15, 0.2) is 12.1 Å². The summed E-state index contributed by atoms with van der Waals surface area (Å²) >= 11 is 5.98. The molecule has 0 aromatic heterocycles. The van der Waals surface area contributed by atoms with E-state index in [0.29, 0.717) is 10.6 Å². The molecule has 0 heterocycles. The molecule has 5 heteroatoms. The van der Waals surface area contributed by atoms with Gasteiger partial charge in [0.25, 0.3) is 5.91 Å². The fraction of sp³-hybridized carbons (Fsp3) is 0.333. The lowest BCUT2D eigenvalue weighted by Crippen LogP contribution is -2.32. The zero-order chi connectivity index (χ0) is 13.2. The van der Waals surface area contributed by atoms with Crippen LogP contribution in [0.5, 0.6) is 0 Å². The molecule has 0 bridgehead atoms. The summed E-state index contributed by atoms with van der Waals surface area (Å²) in [4.78, 5) is 23.6. The largest absolute Gasteiger partial charge is 0.480 e. The van der Waals surface area contributed by atoms with Gasteiger partial charge in [0.2, 0.25) is 0 Å². The summed E-state index contributed by atoms with van der Waals surface area (Å²) in [6.07, 6.45) is 0. The number of hydrogen-bond acceptors (Lipinski definition) is 2. The standard InChI is InChI=1S/C12H14ClNO3/c1-7-4-9(10(13)5-8(7)2)12(17)14(3)6-11(15)16/h4-5H,6H2,1-3H3,(H,15,16). The summed E-state index contributed by atoms with van der Waals surface area (Å²) in [6.45, 7) is 3.43. The fourth-order valence-corrected chi connectivity index (χ4v) is 1.72. The van der Waals surface area contributed by atoms with Crippen LogP contribution in [0, 0.1) is 13.8 Å². The summed E-state index contributed by atoms with van der Waals surface area (Å²) < 4.78 is 0. The van der Waals surface area contributed by atoms with Crippen LogP contribution in [0.1, 0.15) is 21.5 Å². The third-order valence-corrected chi connectivity index (χ3v) is 2.85. The average Bonchev–Trinajstić information content (AvgIpc) is 2.21. The molecule has 0 unspecified atom stereocenters. The van der Waals surface area contributed by atoms with Crippen molar-refractivity contribution >= 4 is 23.5 Å². The monoisotopic (exact) mass is 255 g/mol. The molecule has 0 atom stereocenters. The van der Waals surface area contributed by atoms with Crippen molar-refractivity contribution in [3.8, 4) is 0 Å². The van der Waals surface area contributed by atoms with Crippen molar-refractivity contribution in [2.45, 2.75) is 13.8 Å². The van der Waals surface area contributed by atoms with E-state index in [4.69, 9.17) is 16.7 Å². The van der Waals surface area contributed by atoms with Crippen LogP contribution in [-0.2, 0) is 4.79 Å². The van der Waals surface area contributed by atoms with Crippen LogP contribution < -0.4 is 0 Å². The van der Waals surface area contributed by atoms with Crippen molar-refractivity contribution in [1.82, 2.24) is 4.90 Å². The molecule has 1 amide bonds. The minimum atomic E-state index is -1.05. The Kier molecular flexibility index (Phi) is 4.12. The molecule has 1 aromatic rings. The van der Waals surface area contributed by atoms with Crippen molar-refractivity contribution in [3.63, 3.8) is 0 Å². The van der Waals surface area contributed by atoms with E-state index < -0.39 is 5.97 Å². The predicted octanol–water partition coefficient (Wildman–Crippen LogP) is 2.11. The van der Waals surface area contributed by atoms with Crippen molar-refractivity contribution in [1.29, 1.82) is 0 Å². The Labute approximate surface area is 105 Å². The molecule has 0 aliphatic carbocycles. The molecule has 1 aromatic carbocycles. The summed E-state index contributed by atoms with van der Waals surface area (Å²) in [5.41, 5.74) is 2.27. The SMILES string of the molecule is Cc1cc(Cl)c(C(=O)N(C)CC(=O)O)cc1C. The second-order valence-electron chi connectivity index (χ2n) is 3.97. The van der Waals surface area contributed by atoms with Gasteiger partial charge in [-0.25, -0.2) is 0 Å². The van der Waals surface area contributed by atoms with Crippen molar-refractivity contribution < 1.29 is 14.7 Å². The zero-order valence-electron chi connectivity index (χ0n) is 9.95. The number of carboxylic acids is 1. The molecule has 0 fully saturated rings. The van der Waals surface area contributed by atoms with Crippen LogP contribution in [0.25, 0.3) is 0 Å². The number of carbonyl (C=O) groups excluding carboxylic acids is 1. The summed E-state index contributed by atoms with van der Waals surface area (Å²) in [5, 5.41) is 8.96. The molecule has 0 aliphatic rings. The number of amides is 1. The maximum atomic E-state index is 11.9. The molecule has 1 N–H and O–H groups in total. The van der Waals surface area contributed by atoms with Gasteiger partial charge in [0, 0.05) is 7.05 Å². The highest BCUT2D eigenvalue weighted by Gasteiger charge is 2.17. The number of carbonyl (C=O) groups is 2. The Morgan fingerprint density at radius 2 is 1.82 bits per heavy atom. The second kappa shape index (κ2) is 5.19. The molecule has 0 saturated heterocycles. The van der Waals surface area contributed by atoms with E-state index in [0.717, 1.165) is 16.0 Å². The Bertz CT molecular complexity index is 471. The maximum Gasteiger partial charge on any atom is 0.323 e. The van der Waals surface area contributed by atoms with Crippen molar-refractivity contribution in [2.24, 2.45) is 0 Å². The average molecular weight is 256 g/mol. The van der Waals surface area contributed by atoms with Crippen molar-refractivity contribution in [3.05, 3.63) is 33.8 Å². The first-order chi connectivity index (χ1) is 7.82. The number of carboxylic acid groups (broad SMARTS) is 1. The lowest BCUT2D eigenvalue weighted by Gasteiger charge is -2.16. The van der Waals surface area contributed by atoms with Gasteiger partial charge in [0.05, 0.1) is 10.6 Å². The fourth-order valence-electron chi connectivity index (χ4n) is 1.43. The number of halogens is 1. The number of rotatable bonds is 3. The number of benzene rings is 1. The molecule has 17 heavy (non-hydrogen) atoms. The lowest BCUT2D eigenvalue weighted by atomic mass is 10.1. The van der Waals surface area contributed by atoms with E-state index in [1.165, 1.54) is 7.05 Å². The van der Waals surface area contributed by atoms with Gasteiger partial charge in [0.15, 0.2) is 0 Å². The Morgan fingerprint density at radius 1 is 1.29 bits per heavy atom. The van der Waals surface area contributed by atoms with Crippen LogP contribution >= 0.6 is 11.6 Å². The first kappa shape index (κ1) is 13.5. The predicted molar refractivity (Wildman–Crippen MR) is 65.5 cm³/mol. The highest BCUT2D eigenvalue weighted by Crippen LogP contribution is 2.22.